The molecule has 0 aromatic heterocycles. The van der Waals surface area contributed by atoms with E-state index in [2.05, 4.69) is 94.1 Å². The summed E-state index contributed by atoms with van der Waals surface area (Å²) in [4.78, 5) is 0. The third-order valence-electron chi connectivity index (χ3n) is 4.04. The quantitative estimate of drug-likeness (QED) is 0.371. The molecule has 1 rings (SSSR count). The van der Waals surface area contributed by atoms with Crippen molar-refractivity contribution in [3.8, 4) is 0 Å². The van der Waals surface area contributed by atoms with E-state index in [0.29, 0.717) is 0 Å². The van der Waals surface area contributed by atoms with Crippen molar-refractivity contribution >= 4 is 21.3 Å². The molecule has 0 heterocycles. The summed E-state index contributed by atoms with van der Waals surface area (Å²) in [5.41, 5.74) is 5.78. The highest BCUT2D eigenvalue weighted by molar-refractivity contribution is 7.74. The van der Waals surface area contributed by atoms with E-state index in [0.717, 1.165) is 0 Å². The van der Waals surface area contributed by atoms with Crippen LogP contribution < -0.4 is 0 Å². The Balaban J connectivity index is 3.85. The van der Waals surface area contributed by atoms with E-state index in [1.54, 1.807) is 0 Å². The first-order valence-electron chi connectivity index (χ1n) is 9.05. The number of hydrogen-bond acceptors (Lipinski definition) is 1. The minimum atomic E-state index is -1.25. The second-order valence-corrected chi connectivity index (χ2v) is 20.4. The lowest BCUT2D eigenvalue weighted by molar-refractivity contribution is 0.550. The molecule has 0 saturated carbocycles. The Morgan fingerprint density at radius 2 is 1.08 bits per heavy atom. The number of benzene rings is 1. The van der Waals surface area contributed by atoms with E-state index in [-0.39, 0.29) is 16.2 Å². The van der Waals surface area contributed by atoms with Crippen LogP contribution in [0.3, 0.4) is 0 Å². The first kappa shape index (κ1) is 21.6. The summed E-state index contributed by atoms with van der Waals surface area (Å²) in [6.45, 7) is 27.9. The summed E-state index contributed by atoms with van der Waals surface area (Å²) in [5.74, 6) is 0. The van der Waals surface area contributed by atoms with Gasteiger partial charge in [0.25, 0.3) is 0 Å². The topological polar surface area (TPSA) is 12.4 Å². The van der Waals surface area contributed by atoms with Gasteiger partial charge in [0, 0.05) is 0 Å². The van der Waals surface area contributed by atoms with Crippen LogP contribution in [0.2, 0.25) is 19.6 Å². The molecule has 0 unspecified atom stereocenters. The molecule has 24 heavy (non-hydrogen) atoms. The maximum atomic E-state index is 5.17. The summed E-state index contributed by atoms with van der Waals surface area (Å²) in [6.07, 6.45) is 0. The van der Waals surface area contributed by atoms with Crippen LogP contribution in [-0.2, 0) is 16.2 Å². The molecule has 0 fully saturated rings. The van der Waals surface area contributed by atoms with Gasteiger partial charge in [-0.25, -0.2) is 4.74 Å². The molecule has 0 aliphatic rings. The van der Waals surface area contributed by atoms with Gasteiger partial charge in [0.05, 0.1) is 5.69 Å². The molecule has 1 aromatic carbocycles. The number of hydrogen-bond donors (Lipinski definition) is 0. The summed E-state index contributed by atoms with van der Waals surface area (Å²) >= 11 is 0. The van der Waals surface area contributed by atoms with Crippen molar-refractivity contribution in [1.82, 2.24) is 0 Å². The third kappa shape index (κ3) is 5.81. The Kier molecular flexibility index (Phi) is 6.01. The zero-order valence-corrected chi connectivity index (χ0v) is 19.9. The van der Waals surface area contributed by atoms with Gasteiger partial charge in [0.1, 0.15) is 7.74 Å². The second kappa shape index (κ2) is 6.69. The van der Waals surface area contributed by atoms with Gasteiger partial charge >= 0.3 is 0 Å². The van der Waals surface area contributed by atoms with Crippen molar-refractivity contribution in [2.75, 3.05) is 0 Å². The van der Waals surface area contributed by atoms with Crippen LogP contribution in [0.1, 0.15) is 79.0 Å². The second-order valence-electron chi connectivity index (χ2n) is 11.0. The lowest BCUT2D eigenvalue weighted by atomic mass is 9.74. The Morgan fingerprint density at radius 3 is 1.33 bits per heavy atom. The minimum Gasteiger partial charge on any atom is -0.238 e. The maximum Gasteiger partial charge on any atom is 0.126 e. The molecule has 0 spiro atoms. The van der Waals surface area contributed by atoms with Crippen LogP contribution in [0.25, 0.3) is 0 Å². The van der Waals surface area contributed by atoms with Crippen molar-refractivity contribution in [2.24, 2.45) is 4.74 Å². The van der Waals surface area contributed by atoms with E-state index >= 15 is 0 Å². The third-order valence-corrected chi connectivity index (χ3v) is 7.04. The monoisotopic (exact) mass is 363 g/mol. The van der Waals surface area contributed by atoms with Crippen molar-refractivity contribution in [2.45, 2.75) is 98.2 Å². The average molecular weight is 364 g/mol. The van der Waals surface area contributed by atoms with Crippen molar-refractivity contribution < 1.29 is 0 Å². The van der Waals surface area contributed by atoms with Gasteiger partial charge in [-0.1, -0.05) is 94.1 Å². The van der Waals surface area contributed by atoms with E-state index in [1.807, 2.05) is 0 Å². The van der Waals surface area contributed by atoms with Crippen LogP contribution in [0.5, 0.6) is 0 Å². The molecule has 0 aliphatic heterocycles. The maximum absolute atomic E-state index is 5.17. The molecule has 0 aliphatic carbocycles. The first-order valence-corrected chi connectivity index (χ1v) is 14.2. The van der Waals surface area contributed by atoms with E-state index < -0.39 is 7.74 Å². The number of rotatable bonds is 2. The molecule has 0 atom stereocenters. The Morgan fingerprint density at radius 1 is 0.708 bits per heavy atom. The molecule has 0 bridgehead atoms. The van der Waals surface area contributed by atoms with Crippen molar-refractivity contribution in [1.29, 1.82) is 0 Å². The smallest absolute Gasteiger partial charge is 0.126 e. The zero-order valence-electron chi connectivity index (χ0n) is 18.0. The van der Waals surface area contributed by atoms with E-state index in [9.17, 15) is 0 Å². The van der Waals surface area contributed by atoms with Crippen molar-refractivity contribution in [3.63, 3.8) is 0 Å². The first-order chi connectivity index (χ1) is 10.4. The van der Waals surface area contributed by atoms with Crippen LogP contribution in [0.15, 0.2) is 16.9 Å². The Bertz CT molecular complexity index is 582. The highest BCUT2D eigenvalue weighted by Gasteiger charge is 2.29. The highest BCUT2D eigenvalue weighted by Crippen LogP contribution is 2.44. The molecule has 1 nitrogen and oxygen atoms in total. The number of nitrogens with zero attached hydrogens (tertiary/aromatic N) is 1. The fourth-order valence-corrected chi connectivity index (χ4v) is 4.33. The van der Waals surface area contributed by atoms with Gasteiger partial charge in [-0.2, -0.15) is 0 Å². The van der Waals surface area contributed by atoms with Crippen LogP contribution in [0.4, 0.5) is 5.69 Å². The average Bonchev–Trinajstić information content (AvgIpc) is 2.30. The van der Waals surface area contributed by atoms with E-state index in [1.165, 1.54) is 30.3 Å². The molecular formula is C21H38NPSi. The van der Waals surface area contributed by atoms with Crippen LogP contribution in [0, 0.1) is 0 Å². The predicted molar refractivity (Wildman–Crippen MR) is 115 cm³/mol. The summed E-state index contributed by atoms with van der Waals surface area (Å²) in [5, 5.41) is 0. The van der Waals surface area contributed by atoms with Gasteiger partial charge in [-0.15, -0.1) is 0 Å². The molecule has 0 saturated heterocycles. The molecular weight excluding hydrogens is 325 g/mol. The molecule has 136 valence electrons. The predicted octanol–water partition coefficient (Wildman–Crippen LogP) is 8.18. The Hall–Kier alpha value is -0.463. The molecule has 0 radical (unpaired) electrons. The fourth-order valence-electron chi connectivity index (χ4n) is 2.52. The lowest BCUT2D eigenvalue weighted by Gasteiger charge is -2.32. The highest BCUT2D eigenvalue weighted by atomic mass is 31.3. The van der Waals surface area contributed by atoms with Gasteiger partial charge in [0.15, 0.2) is 0 Å². The SMILES string of the molecule is CC(C)(C)c1cc(C(C)(C)C)c(N=P[Si](C)(C)C)c(C(C)(C)C)c1. The van der Waals surface area contributed by atoms with Crippen LogP contribution >= 0.6 is 7.92 Å². The summed E-state index contributed by atoms with van der Waals surface area (Å²) in [6, 6.07) is 4.82. The Labute approximate surface area is 153 Å². The standard InChI is InChI=1S/C21H38NPSi/c1-19(2,3)15-13-16(20(4,5)6)18(22-23-24(10,11)12)17(14-15)21(7,8)9/h13-14H,1-12H3. The van der Waals surface area contributed by atoms with Gasteiger partial charge in [-0.3, -0.25) is 0 Å². The largest absolute Gasteiger partial charge is 0.238 e. The normalized spacial score (nSPS) is 14.5. The summed E-state index contributed by atoms with van der Waals surface area (Å²) in [7, 11) is 0.0221. The fraction of sp³-hybridized carbons (Fsp3) is 0.714. The summed E-state index contributed by atoms with van der Waals surface area (Å²) < 4.78 is 5.17. The minimum absolute atomic E-state index is 0.0923. The molecule has 0 N–H and O–H groups in total. The molecule has 3 heteroatoms. The van der Waals surface area contributed by atoms with Gasteiger partial charge in [-0.05, 0) is 40.9 Å². The van der Waals surface area contributed by atoms with E-state index in [4.69, 9.17) is 4.74 Å². The lowest BCUT2D eigenvalue weighted by Crippen LogP contribution is -2.21. The van der Waals surface area contributed by atoms with Gasteiger partial charge < -0.3 is 0 Å². The zero-order chi connectivity index (χ0) is 19.1. The van der Waals surface area contributed by atoms with Crippen LogP contribution in [-0.4, -0.2) is 7.74 Å². The molecule has 1 aromatic rings. The van der Waals surface area contributed by atoms with Gasteiger partial charge in [0.2, 0.25) is 0 Å². The molecule has 0 amide bonds. The van der Waals surface area contributed by atoms with Crippen molar-refractivity contribution in [3.05, 3.63) is 28.8 Å².